The second kappa shape index (κ2) is 5.68. The van der Waals surface area contributed by atoms with Gasteiger partial charge in [-0.2, -0.15) is 0 Å². The predicted molar refractivity (Wildman–Crippen MR) is 70.3 cm³/mol. The van der Waals surface area contributed by atoms with Gasteiger partial charge in [0.2, 0.25) is 5.91 Å². The molecule has 0 bridgehead atoms. The van der Waals surface area contributed by atoms with Crippen LogP contribution < -0.4 is 10.6 Å². The molecule has 1 aromatic rings. The summed E-state index contributed by atoms with van der Waals surface area (Å²) >= 11 is 0. The van der Waals surface area contributed by atoms with Crippen LogP contribution >= 0.6 is 0 Å². The van der Waals surface area contributed by atoms with E-state index in [0.29, 0.717) is 6.54 Å². The van der Waals surface area contributed by atoms with Gasteiger partial charge in [-0.3, -0.25) is 9.69 Å². The molecule has 0 aromatic heterocycles. The third-order valence-electron chi connectivity index (χ3n) is 3.00. The maximum Gasteiger partial charge on any atom is 0.238 e. The molecule has 0 saturated carbocycles. The summed E-state index contributed by atoms with van der Waals surface area (Å²) < 4.78 is 0. The van der Waals surface area contributed by atoms with Crippen molar-refractivity contribution in [1.29, 1.82) is 0 Å². The molecule has 4 nitrogen and oxygen atoms in total. The molecule has 17 heavy (non-hydrogen) atoms. The number of carbonyl (C=O) groups is 1. The molecule has 1 saturated heterocycles. The molecule has 1 amide bonds. The monoisotopic (exact) mass is 233 g/mol. The van der Waals surface area contributed by atoms with E-state index in [4.69, 9.17) is 0 Å². The van der Waals surface area contributed by atoms with Crippen molar-refractivity contribution < 1.29 is 4.79 Å². The highest BCUT2D eigenvalue weighted by molar-refractivity contribution is 5.92. The lowest BCUT2D eigenvalue weighted by Gasteiger charge is -2.14. The minimum atomic E-state index is 0.0696. The van der Waals surface area contributed by atoms with Gasteiger partial charge in [0, 0.05) is 18.4 Å². The van der Waals surface area contributed by atoms with Crippen LogP contribution in [-0.4, -0.2) is 37.5 Å². The van der Waals surface area contributed by atoms with Gasteiger partial charge >= 0.3 is 0 Å². The molecular weight excluding hydrogens is 214 g/mol. The number of hydrogen-bond donors (Lipinski definition) is 2. The Labute approximate surface area is 102 Å². The highest BCUT2D eigenvalue weighted by atomic mass is 16.2. The van der Waals surface area contributed by atoms with Crippen molar-refractivity contribution in [2.45, 2.75) is 12.8 Å². The Hall–Kier alpha value is -1.55. The van der Waals surface area contributed by atoms with E-state index in [-0.39, 0.29) is 5.91 Å². The van der Waals surface area contributed by atoms with Gasteiger partial charge in [0.05, 0.1) is 6.54 Å². The van der Waals surface area contributed by atoms with Crippen LogP contribution in [0.1, 0.15) is 12.8 Å². The zero-order valence-electron chi connectivity index (χ0n) is 10.2. The zero-order chi connectivity index (χ0) is 12.1. The fraction of sp³-hybridized carbons (Fsp3) is 0.462. The fourth-order valence-corrected chi connectivity index (χ4v) is 2.10. The number of hydrogen-bond acceptors (Lipinski definition) is 3. The normalized spacial score (nSPS) is 15.8. The first-order valence-electron chi connectivity index (χ1n) is 6.08. The zero-order valence-corrected chi connectivity index (χ0v) is 10.2. The third kappa shape index (κ3) is 3.46. The summed E-state index contributed by atoms with van der Waals surface area (Å²) in [5.74, 6) is 0.0696. The summed E-state index contributed by atoms with van der Waals surface area (Å²) in [4.78, 5) is 14.0. The Morgan fingerprint density at radius 1 is 1.29 bits per heavy atom. The van der Waals surface area contributed by atoms with Crippen LogP contribution in [0.3, 0.4) is 0 Å². The number of likely N-dealkylation sites (tertiary alicyclic amines) is 1. The van der Waals surface area contributed by atoms with Gasteiger partial charge in [-0.25, -0.2) is 0 Å². The average Bonchev–Trinajstić information content (AvgIpc) is 2.82. The Balaban J connectivity index is 1.88. The molecule has 92 valence electrons. The number of nitrogens with one attached hydrogen (secondary N) is 2. The molecular formula is C13H19N3O. The van der Waals surface area contributed by atoms with Gasteiger partial charge in [-0.05, 0) is 44.1 Å². The van der Waals surface area contributed by atoms with Crippen molar-refractivity contribution in [2.24, 2.45) is 0 Å². The highest BCUT2D eigenvalue weighted by Gasteiger charge is 2.14. The van der Waals surface area contributed by atoms with Gasteiger partial charge in [0.1, 0.15) is 0 Å². The first-order chi connectivity index (χ1) is 8.28. The molecule has 1 aliphatic heterocycles. The minimum absolute atomic E-state index is 0.0696. The predicted octanol–water partition coefficient (Wildman–Crippen LogP) is 1.76. The van der Waals surface area contributed by atoms with Crippen LogP contribution in [0.2, 0.25) is 0 Å². The fourth-order valence-electron chi connectivity index (χ4n) is 2.10. The van der Waals surface area contributed by atoms with Gasteiger partial charge in [0.25, 0.3) is 0 Å². The van der Waals surface area contributed by atoms with Crippen LogP contribution in [0.5, 0.6) is 0 Å². The van der Waals surface area contributed by atoms with E-state index < -0.39 is 0 Å². The van der Waals surface area contributed by atoms with E-state index in [2.05, 4.69) is 15.5 Å². The summed E-state index contributed by atoms with van der Waals surface area (Å²) in [6, 6.07) is 7.73. The van der Waals surface area contributed by atoms with Gasteiger partial charge in [-0.15, -0.1) is 0 Å². The Kier molecular flexibility index (Phi) is 3.98. The Morgan fingerprint density at radius 2 is 2.00 bits per heavy atom. The molecule has 1 fully saturated rings. The van der Waals surface area contributed by atoms with Crippen LogP contribution in [0.15, 0.2) is 24.3 Å². The lowest BCUT2D eigenvalue weighted by atomic mass is 10.2. The SMILES string of the molecule is CNc1cccc(NC(=O)CN2CCCC2)c1. The van der Waals surface area contributed by atoms with Crippen molar-refractivity contribution in [3.8, 4) is 0 Å². The summed E-state index contributed by atoms with van der Waals surface area (Å²) in [6.07, 6.45) is 2.42. The van der Waals surface area contributed by atoms with E-state index in [1.165, 1.54) is 12.8 Å². The molecule has 2 rings (SSSR count). The summed E-state index contributed by atoms with van der Waals surface area (Å²) in [5.41, 5.74) is 1.85. The molecule has 2 N–H and O–H groups in total. The van der Waals surface area contributed by atoms with Gasteiger partial charge < -0.3 is 10.6 Å². The summed E-state index contributed by atoms with van der Waals surface area (Å²) in [7, 11) is 1.87. The van der Waals surface area contributed by atoms with Crippen LogP contribution in [0, 0.1) is 0 Å². The second-order valence-electron chi connectivity index (χ2n) is 4.36. The average molecular weight is 233 g/mol. The first kappa shape index (κ1) is 11.9. The molecule has 1 aliphatic rings. The molecule has 0 unspecified atom stereocenters. The van der Waals surface area contributed by atoms with Crippen molar-refractivity contribution in [3.63, 3.8) is 0 Å². The lowest BCUT2D eigenvalue weighted by Crippen LogP contribution is -2.30. The number of rotatable bonds is 4. The largest absolute Gasteiger partial charge is 0.388 e. The molecule has 0 aliphatic carbocycles. The number of benzene rings is 1. The number of carbonyl (C=O) groups excluding carboxylic acids is 1. The Morgan fingerprint density at radius 3 is 2.71 bits per heavy atom. The van der Waals surface area contributed by atoms with Crippen molar-refractivity contribution >= 4 is 17.3 Å². The van der Waals surface area contributed by atoms with E-state index in [1.807, 2.05) is 31.3 Å². The minimum Gasteiger partial charge on any atom is -0.388 e. The molecule has 0 radical (unpaired) electrons. The number of anilines is 2. The molecule has 0 atom stereocenters. The van der Waals surface area contributed by atoms with Crippen molar-refractivity contribution in [2.75, 3.05) is 37.3 Å². The smallest absolute Gasteiger partial charge is 0.238 e. The van der Waals surface area contributed by atoms with Gasteiger partial charge in [-0.1, -0.05) is 6.07 Å². The Bertz CT molecular complexity index is 386. The van der Waals surface area contributed by atoms with Crippen molar-refractivity contribution in [3.05, 3.63) is 24.3 Å². The third-order valence-corrected chi connectivity index (χ3v) is 3.00. The standard InChI is InChI=1S/C13H19N3O/c1-14-11-5-4-6-12(9-11)15-13(17)10-16-7-2-3-8-16/h4-6,9,14H,2-3,7-8,10H2,1H3,(H,15,17). The summed E-state index contributed by atoms with van der Waals surface area (Å²) in [6.45, 7) is 2.59. The number of nitrogens with zero attached hydrogens (tertiary/aromatic N) is 1. The molecule has 4 heteroatoms. The maximum atomic E-state index is 11.8. The molecule has 0 spiro atoms. The van der Waals surface area contributed by atoms with Crippen LogP contribution in [0.25, 0.3) is 0 Å². The first-order valence-corrected chi connectivity index (χ1v) is 6.08. The number of amides is 1. The van der Waals surface area contributed by atoms with Gasteiger partial charge in [0.15, 0.2) is 0 Å². The molecule has 1 heterocycles. The van der Waals surface area contributed by atoms with Crippen LogP contribution in [-0.2, 0) is 4.79 Å². The van der Waals surface area contributed by atoms with E-state index >= 15 is 0 Å². The highest BCUT2D eigenvalue weighted by Crippen LogP contribution is 2.14. The quantitative estimate of drug-likeness (QED) is 0.833. The molecule has 1 aromatic carbocycles. The maximum absolute atomic E-state index is 11.8. The van der Waals surface area contributed by atoms with E-state index in [9.17, 15) is 4.79 Å². The van der Waals surface area contributed by atoms with Crippen molar-refractivity contribution in [1.82, 2.24) is 4.90 Å². The lowest BCUT2D eigenvalue weighted by molar-refractivity contribution is -0.117. The topological polar surface area (TPSA) is 44.4 Å². The van der Waals surface area contributed by atoms with Crippen LogP contribution in [0.4, 0.5) is 11.4 Å². The van der Waals surface area contributed by atoms with E-state index in [0.717, 1.165) is 24.5 Å². The second-order valence-corrected chi connectivity index (χ2v) is 4.36. The van der Waals surface area contributed by atoms with E-state index in [1.54, 1.807) is 0 Å². The summed E-state index contributed by atoms with van der Waals surface area (Å²) in [5, 5.41) is 5.97.